The summed E-state index contributed by atoms with van der Waals surface area (Å²) in [5.41, 5.74) is -2.52. The molecule has 3 fully saturated rings. The van der Waals surface area contributed by atoms with Crippen LogP contribution in [0.3, 0.4) is 0 Å². The minimum absolute atomic E-state index is 0.404. The quantitative estimate of drug-likeness (QED) is 0.358. The SMILES string of the molecule is CCC1CC(CC)C2C3CC(CC3CC(C)(C(=O)OC(C)(C)C)C(=O)OC(C)(C)C)C12. The van der Waals surface area contributed by atoms with Gasteiger partial charge in [0.1, 0.15) is 11.2 Å². The molecule has 0 amide bonds. The van der Waals surface area contributed by atoms with Crippen LogP contribution in [0.25, 0.3) is 0 Å². The molecule has 3 rings (SSSR count). The summed E-state index contributed by atoms with van der Waals surface area (Å²) in [6.07, 6.45) is 6.90. The van der Waals surface area contributed by atoms with Crippen LogP contribution in [0.2, 0.25) is 0 Å². The van der Waals surface area contributed by atoms with Crippen LogP contribution in [0.15, 0.2) is 0 Å². The second-order valence-corrected chi connectivity index (χ2v) is 12.9. The van der Waals surface area contributed by atoms with E-state index in [0.29, 0.717) is 18.3 Å². The summed E-state index contributed by atoms with van der Waals surface area (Å²) in [6, 6.07) is 0. The van der Waals surface area contributed by atoms with Crippen molar-refractivity contribution < 1.29 is 19.1 Å². The van der Waals surface area contributed by atoms with Gasteiger partial charge in [-0.3, -0.25) is 9.59 Å². The van der Waals surface area contributed by atoms with Crippen LogP contribution in [-0.2, 0) is 19.1 Å². The zero-order valence-electron chi connectivity index (χ0n) is 21.4. The van der Waals surface area contributed by atoms with E-state index in [1.165, 1.54) is 25.7 Å². The van der Waals surface area contributed by atoms with Crippen LogP contribution in [0.4, 0.5) is 0 Å². The van der Waals surface area contributed by atoms with Crippen molar-refractivity contribution in [2.75, 3.05) is 0 Å². The van der Waals surface area contributed by atoms with Crippen LogP contribution < -0.4 is 0 Å². The molecule has 0 aromatic rings. The second-order valence-electron chi connectivity index (χ2n) is 12.9. The summed E-state index contributed by atoms with van der Waals surface area (Å²) >= 11 is 0. The Morgan fingerprint density at radius 3 is 1.65 bits per heavy atom. The van der Waals surface area contributed by atoms with E-state index in [1.807, 2.05) is 41.5 Å². The average molecular weight is 435 g/mol. The molecule has 3 saturated carbocycles. The van der Waals surface area contributed by atoms with Gasteiger partial charge < -0.3 is 9.47 Å². The Morgan fingerprint density at radius 1 is 0.710 bits per heavy atom. The van der Waals surface area contributed by atoms with Gasteiger partial charge in [0.25, 0.3) is 0 Å². The molecule has 0 radical (unpaired) electrons. The number of rotatable bonds is 6. The topological polar surface area (TPSA) is 52.6 Å². The van der Waals surface area contributed by atoms with Crippen molar-refractivity contribution in [2.45, 2.75) is 112 Å². The fourth-order valence-electron chi connectivity index (χ4n) is 7.32. The highest BCUT2D eigenvalue weighted by molar-refractivity contribution is 5.99. The minimum atomic E-state index is -1.25. The van der Waals surface area contributed by atoms with E-state index in [2.05, 4.69) is 13.8 Å². The molecule has 7 unspecified atom stereocenters. The Hall–Kier alpha value is -1.06. The molecule has 3 aliphatic rings. The first-order chi connectivity index (χ1) is 14.2. The van der Waals surface area contributed by atoms with Gasteiger partial charge in [0.2, 0.25) is 0 Å². The van der Waals surface area contributed by atoms with E-state index in [-0.39, 0.29) is 0 Å². The van der Waals surface area contributed by atoms with Crippen LogP contribution in [0, 0.1) is 46.8 Å². The predicted octanol–water partition coefficient (Wildman–Crippen LogP) is 6.41. The zero-order valence-corrected chi connectivity index (χ0v) is 21.4. The number of carbonyl (C=O) groups excluding carboxylic acids is 2. The molecular formula is C27H46O4. The maximum Gasteiger partial charge on any atom is 0.323 e. The van der Waals surface area contributed by atoms with Crippen molar-refractivity contribution in [3.05, 3.63) is 0 Å². The third kappa shape index (κ3) is 4.83. The van der Waals surface area contributed by atoms with Crippen molar-refractivity contribution in [3.63, 3.8) is 0 Å². The van der Waals surface area contributed by atoms with E-state index < -0.39 is 28.6 Å². The van der Waals surface area contributed by atoms with E-state index in [4.69, 9.17) is 9.47 Å². The molecule has 0 heterocycles. The number of fused-ring (bicyclic) bond motifs is 5. The highest BCUT2D eigenvalue weighted by Gasteiger charge is 2.61. The van der Waals surface area contributed by atoms with Gasteiger partial charge in [-0.2, -0.15) is 0 Å². The van der Waals surface area contributed by atoms with Gasteiger partial charge in [0, 0.05) is 0 Å². The average Bonchev–Trinajstić information content (AvgIpc) is 3.28. The highest BCUT2D eigenvalue weighted by Crippen LogP contribution is 2.66. The van der Waals surface area contributed by atoms with Crippen molar-refractivity contribution in [2.24, 2.45) is 46.8 Å². The number of ether oxygens (including phenoxy) is 2. The van der Waals surface area contributed by atoms with Gasteiger partial charge in [0.05, 0.1) is 0 Å². The number of carbonyl (C=O) groups is 2. The van der Waals surface area contributed by atoms with Gasteiger partial charge in [-0.15, -0.1) is 0 Å². The Balaban J connectivity index is 1.84. The summed E-state index contributed by atoms with van der Waals surface area (Å²) in [6.45, 7) is 17.6. The number of hydrogen-bond donors (Lipinski definition) is 0. The van der Waals surface area contributed by atoms with Crippen molar-refractivity contribution in [3.8, 4) is 0 Å². The molecule has 4 nitrogen and oxygen atoms in total. The standard InChI is InChI=1S/C27H46O4/c1-10-16-12-17(11-2)22-20-14-18(21(16)22)13-19(20)15-27(9,23(28)30-25(3,4)5)24(29)31-26(6,7)8/h16-22H,10-15H2,1-9H3. The van der Waals surface area contributed by atoms with Crippen LogP contribution in [-0.4, -0.2) is 23.1 Å². The molecule has 0 aromatic heterocycles. The van der Waals surface area contributed by atoms with Crippen LogP contribution in [0.1, 0.15) is 101 Å². The highest BCUT2D eigenvalue weighted by atomic mass is 16.6. The van der Waals surface area contributed by atoms with Gasteiger partial charge in [-0.1, -0.05) is 26.7 Å². The number of hydrogen-bond acceptors (Lipinski definition) is 4. The van der Waals surface area contributed by atoms with E-state index in [0.717, 1.165) is 36.0 Å². The van der Waals surface area contributed by atoms with E-state index in [1.54, 1.807) is 6.92 Å². The smallest absolute Gasteiger partial charge is 0.323 e. The fourth-order valence-corrected chi connectivity index (χ4v) is 7.32. The van der Waals surface area contributed by atoms with Crippen LogP contribution in [0.5, 0.6) is 0 Å². The lowest BCUT2D eigenvalue weighted by Crippen LogP contribution is -2.47. The molecule has 31 heavy (non-hydrogen) atoms. The normalized spacial score (nSPS) is 35.2. The van der Waals surface area contributed by atoms with Gasteiger partial charge >= 0.3 is 11.9 Å². The van der Waals surface area contributed by atoms with Crippen molar-refractivity contribution >= 4 is 11.9 Å². The second kappa shape index (κ2) is 8.37. The minimum Gasteiger partial charge on any atom is -0.459 e. The van der Waals surface area contributed by atoms with Gasteiger partial charge in [-0.05, 0) is 116 Å². The van der Waals surface area contributed by atoms with E-state index >= 15 is 0 Å². The fraction of sp³-hybridized carbons (Fsp3) is 0.926. The third-order valence-corrected chi connectivity index (χ3v) is 8.38. The first-order valence-corrected chi connectivity index (χ1v) is 12.7. The lowest BCUT2D eigenvalue weighted by atomic mass is 9.66. The summed E-state index contributed by atoms with van der Waals surface area (Å²) in [7, 11) is 0. The maximum atomic E-state index is 13.3. The predicted molar refractivity (Wildman–Crippen MR) is 123 cm³/mol. The molecule has 0 saturated heterocycles. The summed E-state index contributed by atoms with van der Waals surface area (Å²) < 4.78 is 11.5. The lowest BCUT2D eigenvalue weighted by molar-refractivity contribution is -0.186. The molecule has 2 bridgehead atoms. The molecule has 0 aromatic carbocycles. The number of esters is 2. The zero-order chi connectivity index (χ0) is 23.4. The molecule has 0 spiro atoms. The van der Waals surface area contributed by atoms with Crippen molar-refractivity contribution in [1.82, 2.24) is 0 Å². The molecule has 4 heteroatoms. The third-order valence-electron chi connectivity index (χ3n) is 8.38. The molecule has 0 aliphatic heterocycles. The monoisotopic (exact) mass is 434 g/mol. The Morgan fingerprint density at radius 2 is 1.19 bits per heavy atom. The Labute approximate surface area is 190 Å². The molecule has 0 N–H and O–H groups in total. The van der Waals surface area contributed by atoms with Gasteiger partial charge in [0.15, 0.2) is 5.41 Å². The molecule has 3 aliphatic carbocycles. The Kier molecular flexibility index (Phi) is 6.64. The summed E-state index contributed by atoms with van der Waals surface area (Å²) in [4.78, 5) is 26.7. The van der Waals surface area contributed by atoms with Crippen LogP contribution >= 0.6 is 0 Å². The molecule has 178 valence electrons. The molecular weight excluding hydrogens is 388 g/mol. The first kappa shape index (κ1) is 24.6. The summed E-state index contributed by atoms with van der Waals surface area (Å²) in [5, 5.41) is 0. The lowest BCUT2D eigenvalue weighted by Gasteiger charge is -2.40. The maximum absolute atomic E-state index is 13.3. The van der Waals surface area contributed by atoms with Gasteiger partial charge in [-0.25, -0.2) is 0 Å². The largest absolute Gasteiger partial charge is 0.459 e. The van der Waals surface area contributed by atoms with E-state index in [9.17, 15) is 9.59 Å². The molecule has 7 atom stereocenters. The first-order valence-electron chi connectivity index (χ1n) is 12.7. The summed E-state index contributed by atoms with van der Waals surface area (Å²) in [5.74, 6) is 4.27. The Bertz CT molecular complexity index is 654. The van der Waals surface area contributed by atoms with Crippen molar-refractivity contribution in [1.29, 1.82) is 0 Å².